The average Bonchev–Trinajstić information content (AvgIpc) is 2.38. The Morgan fingerprint density at radius 1 is 1.35 bits per heavy atom. The molecule has 0 unspecified atom stereocenters. The van der Waals surface area contributed by atoms with Crippen LogP contribution in [0.25, 0.3) is 0 Å². The Hall–Kier alpha value is -3.03. The highest BCUT2D eigenvalue weighted by molar-refractivity contribution is 5.80. The van der Waals surface area contributed by atoms with Gasteiger partial charge < -0.3 is 5.73 Å². The third-order valence-corrected chi connectivity index (χ3v) is 2.37. The van der Waals surface area contributed by atoms with E-state index in [2.05, 4.69) is 20.5 Å². The molecule has 0 aliphatic heterocycles. The van der Waals surface area contributed by atoms with Gasteiger partial charge >= 0.3 is 0 Å². The fourth-order valence-corrected chi connectivity index (χ4v) is 1.50. The van der Waals surface area contributed by atoms with Crippen LogP contribution >= 0.6 is 0 Å². The molecular weight excluding hydrogens is 260 g/mol. The van der Waals surface area contributed by atoms with E-state index in [-0.39, 0.29) is 11.6 Å². The number of nitrogens with two attached hydrogens (primary N) is 1. The zero-order valence-electron chi connectivity index (χ0n) is 10.6. The molecule has 20 heavy (non-hydrogen) atoms. The van der Waals surface area contributed by atoms with Crippen LogP contribution in [0.5, 0.6) is 0 Å². The lowest BCUT2D eigenvalue weighted by atomic mass is 10.2. The molecule has 0 saturated carbocycles. The topological polar surface area (TPSA) is 119 Å². The monoisotopic (exact) mass is 272 g/mol. The molecule has 1 aromatic heterocycles. The van der Waals surface area contributed by atoms with E-state index in [0.29, 0.717) is 5.82 Å². The van der Waals surface area contributed by atoms with Gasteiger partial charge in [-0.1, -0.05) is 0 Å². The molecule has 0 spiro atoms. The summed E-state index contributed by atoms with van der Waals surface area (Å²) in [6.45, 7) is 1.79. The van der Waals surface area contributed by atoms with E-state index in [0.717, 1.165) is 11.3 Å². The van der Waals surface area contributed by atoms with Crippen LogP contribution in [0, 0.1) is 17.0 Å². The van der Waals surface area contributed by atoms with Crippen molar-refractivity contribution in [2.75, 3.05) is 11.2 Å². The van der Waals surface area contributed by atoms with Crippen molar-refractivity contribution < 1.29 is 4.92 Å². The van der Waals surface area contributed by atoms with E-state index in [1.54, 1.807) is 25.1 Å². The van der Waals surface area contributed by atoms with Crippen LogP contribution in [0.4, 0.5) is 17.5 Å². The Balaban J connectivity index is 2.04. The number of nitro groups is 1. The normalized spacial score (nSPS) is 10.7. The van der Waals surface area contributed by atoms with Crippen LogP contribution < -0.4 is 11.2 Å². The number of hydrogen-bond acceptors (Lipinski definition) is 7. The van der Waals surface area contributed by atoms with Crippen LogP contribution in [-0.4, -0.2) is 21.1 Å². The lowest BCUT2D eigenvalue weighted by Crippen LogP contribution is -2.01. The second-order valence-corrected chi connectivity index (χ2v) is 3.97. The summed E-state index contributed by atoms with van der Waals surface area (Å²) in [5.74, 6) is 0.645. The number of benzene rings is 1. The third kappa shape index (κ3) is 3.48. The van der Waals surface area contributed by atoms with Gasteiger partial charge in [-0.2, -0.15) is 10.1 Å². The zero-order valence-corrected chi connectivity index (χ0v) is 10.6. The van der Waals surface area contributed by atoms with Crippen molar-refractivity contribution in [3.8, 4) is 0 Å². The first kappa shape index (κ1) is 13.4. The van der Waals surface area contributed by atoms with Crippen LogP contribution in [0.2, 0.25) is 0 Å². The minimum absolute atomic E-state index is 0.0364. The molecule has 2 aromatic rings. The van der Waals surface area contributed by atoms with Gasteiger partial charge in [0.1, 0.15) is 0 Å². The van der Waals surface area contributed by atoms with Gasteiger partial charge in [-0.05, 0) is 24.6 Å². The number of nitrogens with zero attached hydrogens (tertiary/aromatic N) is 4. The average molecular weight is 272 g/mol. The second kappa shape index (κ2) is 5.74. The van der Waals surface area contributed by atoms with Crippen molar-refractivity contribution in [2.45, 2.75) is 6.92 Å². The van der Waals surface area contributed by atoms with Gasteiger partial charge in [0.2, 0.25) is 5.95 Å². The van der Waals surface area contributed by atoms with Gasteiger partial charge in [-0.3, -0.25) is 15.5 Å². The summed E-state index contributed by atoms with van der Waals surface area (Å²) in [7, 11) is 0. The number of rotatable bonds is 4. The maximum atomic E-state index is 10.5. The summed E-state index contributed by atoms with van der Waals surface area (Å²) in [6.07, 6.45) is 1.53. The Bertz CT molecular complexity index is 633. The molecule has 0 radical (unpaired) electrons. The maximum absolute atomic E-state index is 10.5. The number of non-ortho nitro benzene ring substituents is 1. The summed E-state index contributed by atoms with van der Waals surface area (Å²) in [5, 5.41) is 14.5. The summed E-state index contributed by atoms with van der Waals surface area (Å²) in [5.41, 5.74) is 9.71. The number of aromatic nitrogens is 2. The van der Waals surface area contributed by atoms with Crippen molar-refractivity contribution in [1.82, 2.24) is 9.97 Å². The third-order valence-electron chi connectivity index (χ3n) is 2.37. The molecule has 8 heteroatoms. The molecule has 0 atom stereocenters. The number of hydrogen-bond donors (Lipinski definition) is 2. The fourth-order valence-electron chi connectivity index (χ4n) is 1.50. The van der Waals surface area contributed by atoms with Crippen molar-refractivity contribution in [3.63, 3.8) is 0 Å². The van der Waals surface area contributed by atoms with Gasteiger partial charge in [-0.25, -0.2) is 4.98 Å². The maximum Gasteiger partial charge on any atom is 0.269 e. The minimum Gasteiger partial charge on any atom is -0.368 e. The molecule has 1 aromatic carbocycles. The number of aryl methyl sites for hydroxylation is 1. The lowest BCUT2D eigenvalue weighted by Gasteiger charge is -2.01. The van der Waals surface area contributed by atoms with Crippen LogP contribution in [0.1, 0.15) is 11.3 Å². The van der Waals surface area contributed by atoms with E-state index in [4.69, 9.17) is 5.73 Å². The number of nitrogens with one attached hydrogen (secondary N) is 1. The highest BCUT2D eigenvalue weighted by Gasteiger charge is 2.02. The molecule has 0 fully saturated rings. The quantitative estimate of drug-likeness (QED) is 0.496. The standard InChI is InChI=1S/C12H12N6O2/c1-8-6-11(16-12(13)15-8)17-14-7-9-2-4-10(5-3-9)18(19)20/h2-7H,1H3,(H3,13,15,16,17). The number of nitrogen functional groups attached to an aromatic ring is 1. The molecule has 0 aliphatic carbocycles. The largest absolute Gasteiger partial charge is 0.368 e. The van der Waals surface area contributed by atoms with Gasteiger partial charge in [0.25, 0.3) is 5.69 Å². The van der Waals surface area contributed by atoms with Crippen molar-refractivity contribution in [2.24, 2.45) is 5.10 Å². The first-order valence-electron chi connectivity index (χ1n) is 5.69. The van der Waals surface area contributed by atoms with Gasteiger partial charge in [0.05, 0.1) is 11.1 Å². The predicted molar refractivity (Wildman–Crippen MR) is 75.5 cm³/mol. The number of anilines is 2. The SMILES string of the molecule is Cc1cc(NN=Cc2ccc([N+](=O)[O-])cc2)nc(N)n1. The number of nitro benzene ring substituents is 1. The molecule has 3 N–H and O–H groups in total. The minimum atomic E-state index is -0.453. The second-order valence-electron chi connectivity index (χ2n) is 3.97. The highest BCUT2D eigenvalue weighted by Crippen LogP contribution is 2.11. The zero-order chi connectivity index (χ0) is 14.5. The van der Waals surface area contributed by atoms with Gasteiger partial charge in [-0.15, -0.1) is 0 Å². The molecule has 8 nitrogen and oxygen atoms in total. The summed E-state index contributed by atoms with van der Waals surface area (Å²) >= 11 is 0. The van der Waals surface area contributed by atoms with Crippen molar-refractivity contribution in [3.05, 3.63) is 51.7 Å². The fraction of sp³-hybridized carbons (Fsp3) is 0.0833. The Morgan fingerprint density at radius 3 is 2.65 bits per heavy atom. The Morgan fingerprint density at radius 2 is 2.05 bits per heavy atom. The Kier molecular flexibility index (Phi) is 3.85. The molecule has 1 heterocycles. The smallest absolute Gasteiger partial charge is 0.269 e. The van der Waals surface area contributed by atoms with Crippen LogP contribution in [0.3, 0.4) is 0 Å². The van der Waals surface area contributed by atoms with Crippen molar-refractivity contribution >= 4 is 23.7 Å². The molecule has 2 rings (SSSR count). The van der Waals surface area contributed by atoms with E-state index in [1.165, 1.54) is 18.3 Å². The lowest BCUT2D eigenvalue weighted by molar-refractivity contribution is -0.384. The summed E-state index contributed by atoms with van der Waals surface area (Å²) in [4.78, 5) is 17.9. The van der Waals surface area contributed by atoms with E-state index in [9.17, 15) is 10.1 Å². The highest BCUT2D eigenvalue weighted by atomic mass is 16.6. The predicted octanol–water partition coefficient (Wildman–Crippen LogP) is 1.72. The van der Waals surface area contributed by atoms with Gasteiger partial charge in [0, 0.05) is 23.9 Å². The van der Waals surface area contributed by atoms with E-state index in [1.807, 2.05) is 0 Å². The molecule has 0 amide bonds. The summed E-state index contributed by atoms with van der Waals surface area (Å²) < 4.78 is 0. The van der Waals surface area contributed by atoms with Crippen LogP contribution in [0.15, 0.2) is 35.4 Å². The Labute approximate surface area is 114 Å². The van der Waals surface area contributed by atoms with Gasteiger partial charge in [0.15, 0.2) is 5.82 Å². The molecule has 0 aliphatic rings. The summed E-state index contributed by atoms with van der Waals surface area (Å²) in [6, 6.07) is 7.72. The molecule has 0 bridgehead atoms. The molecule has 0 saturated heterocycles. The first-order valence-corrected chi connectivity index (χ1v) is 5.69. The first-order chi connectivity index (χ1) is 9.54. The van der Waals surface area contributed by atoms with E-state index >= 15 is 0 Å². The van der Waals surface area contributed by atoms with Crippen LogP contribution in [-0.2, 0) is 0 Å². The molecule has 102 valence electrons. The molecular formula is C12H12N6O2. The number of hydrazone groups is 1. The van der Waals surface area contributed by atoms with Crippen molar-refractivity contribution in [1.29, 1.82) is 0 Å². The van der Waals surface area contributed by atoms with E-state index < -0.39 is 4.92 Å².